The Morgan fingerprint density at radius 1 is 0.258 bits per heavy atom. The van der Waals surface area contributed by atoms with E-state index in [1.807, 2.05) is 11.3 Å². The Bertz CT molecular complexity index is 7920. The number of furan rings is 1. The Morgan fingerprint density at radius 2 is 0.692 bits per heavy atom. The predicted octanol–water partition coefficient (Wildman–Crippen LogP) is 33.3. The molecule has 0 amide bonds. The molecule has 0 radical (unpaired) electrons. The summed E-state index contributed by atoms with van der Waals surface area (Å²) in [4.78, 5) is 9.87. The van der Waals surface area contributed by atoms with Gasteiger partial charge < -0.3 is 24.0 Å². The van der Waals surface area contributed by atoms with Crippen LogP contribution in [0.4, 0.5) is 68.2 Å². The smallest absolute Gasteiger partial charge is 0.143 e. The summed E-state index contributed by atoms with van der Waals surface area (Å²) in [5, 5.41) is 24.6. The van der Waals surface area contributed by atoms with Crippen LogP contribution in [0, 0.1) is 27.7 Å². The number of hydrogen-bond donors (Lipinski definition) is 0. The minimum atomic E-state index is -0.300. The van der Waals surface area contributed by atoms with Gasteiger partial charge in [-0.15, -0.1) is 11.3 Å². The van der Waals surface area contributed by atoms with Crippen LogP contribution in [-0.2, 0) is 10.8 Å². The van der Waals surface area contributed by atoms with E-state index in [2.05, 4.69) is 439 Å². The molecule has 0 bridgehead atoms. The second-order valence-corrected chi connectivity index (χ2v) is 35.4. The van der Waals surface area contributed by atoms with Crippen LogP contribution in [0.15, 0.2) is 368 Å². The zero-order valence-corrected chi connectivity index (χ0v) is 69.1. The van der Waals surface area contributed by atoms with Gasteiger partial charge in [-0.05, 0) is 260 Å². The first-order valence-electron chi connectivity index (χ1n) is 41.8. The van der Waals surface area contributed by atoms with Crippen LogP contribution < -0.4 is 19.6 Å². The van der Waals surface area contributed by atoms with Crippen molar-refractivity contribution in [3.63, 3.8) is 0 Å². The number of nitrogens with zero attached hydrogens (tertiary/aromatic N) is 4. The van der Waals surface area contributed by atoms with Crippen LogP contribution in [0.25, 0.3) is 128 Å². The lowest BCUT2D eigenvalue weighted by Crippen LogP contribution is -2.30. The fourth-order valence-electron chi connectivity index (χ4n) is 20.1. The minimum Gasteiger partial charge on any atom is -0.455 e. The van der Waals surface area contributed by atoms with E-state index in [0.717, 1.165) is 67.4 Å². The van der Waals surface area contributed by atoms with E-state index < -0.39 is 0 Å². The quantitative estimate of drug-likeness (QED) is 0.112. The van der Waals surface area contributed by atoms with Gasteiger partial charge in [0.15, 0.2) is 0 Å². The first-order valence-corrected chi connectivity index (χ1v) is 42.6. The molecule has 2 aliphatic heterocycles. The fourth-order valence-corrected chi connectivity index (χ4v) is 21.3. The molecule has 0 spiro atoms. The molecule has 0 atom stereocenters. The molecule has 6 heteroatoms. The molecule has 2 aromatic heterocycles. The van der Waals surface area contributed by atoms with Gasteiger partial charge in [-0.25, -0.2) is 0 Å². The van der Waals surface area contributed by atoms with Crippen molar-refractivity contribution in [2.45, 2.75) is 66.2 Å². The Kier molecular flexibility index (Phi) is 16.1. The monoisotopic (exact) mass is 1560 g/mol. The second-order valence-electron chi connectivity index (χ2n) is 34.3. The van der Waals surface area contributed by atoms with Gasteiger partial charge in [0.05, 0.1) is 34.1 Å². The third kappa shape index (κ3) is 11.2. The number of fused-ring (bicyclic) bond motifs is 21. The summed E-state index contributed by atoms with van der Waals surface area (Å²) in [7, 11) is 0. The van der Waals surface area contributed by atoms with Crippen LogP contribution in [0.3, 0.4) is 0 Å². The van der Waals surface area contributed by atoms with Crippen molar-refractivity contribution in [2.24, 2.45) is 0 Å². The summed E-state index contributed by atoms with van der Waals surface area (Å²) in [5.74, 6) is 0. The molecule has 572 valence electrons. The van der Waals surface area contributed by atoms with Gasteiger partial charge in [0.25, 0.3) is 0 Å². The van der Waals surface area contributed by atoms with Crippen molar-refractivity contribution in [1.82, 2.24) is 0 Å². The molecule has 2 aliphatic rings. The Hall–Kier alpha value is -14.3. The van der Waals surface area contributed by atoms with E-state index >= 15 is 0 Å². The number of para-hydroxylation sites is 2. The highest BCUT2D eigenvalue weighted by Crippen LogP contribution is 2.60. The van der Waals surface area contributed by atoms with Crippen molar-refractivity contribution in [1.29, 1.82) is 0 Å². The van der Waals surface area contributed by atoms with E-state index in [1.165, 1.54) is 174 Å². The number of thiophene rings is 1. The zero-order valence-electron chi connectivity index (χ0n) is 68.2. The van der Waals surface area contributed by atoms with E-state index in [4.69, 9.17) is 4.42 Å². The van der Waals surface area contributed by atoms with Gasteiger partial charge in [0.2, 0.25) is 0 Å². The van der Waals surface area contributed by atoms with Crippen molar-refractivity contribution >= 4 is 208 Å². The van der Waals surface area contributed by atoms with Crippen molar-refractivity contribution in [3.8, 4) is 0 Å². The lowest BCUT2D eigenvalue weighted by molar-refractivity contribution is 0.631. The van der Waals surface area contributed by atoms with E-state index in [0.29, 0.717) is 0 Å². The molecular formula is C114H84N4OS. The maximum Gasteiger partial charge on any atom is 0.143 e. The third-order valence-corrected chi connectivity index (χ3v) is 27.2. The van der Waals surface area contributed by atoms with E-state index in [9.17, 15) is 0 Å². The van der Waals surface area contributed by atoms with Crippen molar-refractivity contribution in [2.75, 3.05) is 19.6 Å². The number of anilines is 12. The Balaban J connectivity index is 0.000000140. The average molecular weight is 1560 g/mol. The molecule has 0 fully saturated rings. The van der Waals surface area contributed by atoms with Crippen LogP contribution in [0.1, 0.15) is 72.2 Å². The summed E-state index contributed by atoms with van der Waals surface area (Å²) < 4.78 is 9.74. The lowest BCUT2D eigenvalue weighted by atomic mass is 9.73. The van der Waals surface area contributed by atoms with Gasteiger partial charge in [-0.1, -0.05) is 257 Å². The molecule has 0 aliphatic carbocycles. The number of hydrogen-bond acceptors (Lipinski definition) is 6. The molecule has 0 saturated heterocycles. The maximum atomic E-state index is 7.09. The molecule has 20 aromatic carbocycles. The molecule has 0 saturated carbocycles. The van der Waals surface area contributed by atoms with Crippen LogP contribution >= 0.6 is 11.3 Å². The third-order valence-electron chi connectivity index (χ3n) is 26.0. The first-order chi connectivity index (χ1) is 58.6. The number of aryl methyl sites for hydroxylation is 4. The molecule has 4 heterocycles. The summed E-state index contributed by atoms with van der Waals surface area (Å²) in [6, 6.07) is 135. The summed E-state index contributed by atoms with van der Waals surface area (Å²) >= 11 is 1.91. The fraction of sp³-hybridized carbons (Fsp3) is 0.0877. The van der Waals surface area contributed by atoms with Crippen LogP contribution in [0.5, 0.6) is 0 Å². The SMILES string of the molecule is Cc1ccc(N(c2ccc(C)cc2)c2c3ccccc3c(N3c4ccccc4C(C)(C)c4cc5c(cc43)oc3c4ccccc4c4ccccc4c53)c3ccccc23)cc1.Cc1cccc(N(c2cccc(C)c2)c2ccc3cc4cc(N5c6ccccc6C(C)(C)c6cc7c(cc65)sc5cc6cc8ccccc8cc6cc57)ccc4cc3c2)c1. The standard InChI is InChI=1S/C57H42N2O.C57H42N2S/c1-35-25-29-37(30-26-35)58(38-31-27-36(2)28-32-38)54-42-18-8-10-20-44(42)55(45-21-11-9-19-43(45)54)59-50-24-14-13-23-48(50)57(3,4)49-33-47-52(34-51(49)59)60-56-46-22-12-6-16-40(46)39-15-5-7-17-41(39)53(47)56;1-35-11-9-15-45(23-35)58(46-16-10-12-36(2)24-46)47-21-19-39-28-42-30-48(22-20-40(42)27-41(39)29-47)59-53-18-8-7-17-51(53)57(3,4)52-33-50-49-31-43-25-37-13-5-6-14-38(37)26-44(43)32-55(49)60-56(50)34-54(52)59/h2*5-34H,1-4H3. The largest absolute Gasteiger partial charge is 0.455 e. The molecule has 5 nitrogen and oxygen atoms in total. The topological polar surface area (TPSA) is 26.1 Å². The second kappa shape index (κ2) is 27.1. The molecule has 24 rings (SSSR count). The van der Waals surface area contributed by atoms with Crippen LogP contribution in [0.2, 0.25) is 0 Å². The van der Waals surface area contributed by atoms with Gasteiger partial charge in [0, 0.05) is 109 Å². The molecule has 22 aromatic rings. The number of benzene rings is 20. The maximum absolute atomic E-state index is 7.09. The normalized spacial score (nSPS) is 13.4. The van der Waals surface area contributed by atoms with Gasteiger partial charge in [-0.2, -0.15) is 0 Å². The highest BCUT2D eigenvalue weighted by atomic mass is 32.1. The highest BCUT2D eigenvalue weighted by molar-refractivity contribution is 7.26. The number of rotatable bonds is 8. The molecule has 120 heavy (non-hydrogen) atoms. The summed E-state index contributed by atoms with van der Waals surface area (Å²) in [6.45, 7) is 18.2. The van der Waals surface area contributed by atoms with Gasteiger partial charge in [0.1, 0.15) is 11.2 Å². The molecule has 0 N–H and O–H groups in total. The molecule has 0 unspecified atom stereocenters. The Morgan fingerprint density at radius 3 is 1.28 bits per heavy atom. The van der Waals surface area contributed by atoms with Crippen molar-refractivity contribution < 1.29 is 4.42 Å². The van der Waals surface area contributed by atoms with E-state index in [1.54, 1.807) is 0 Å². The predicted molar refractivity (Wildman–Crippen MR) is 515 cm³/mol. The summed E-state index contributed by atoms with van der Waals surface area (Å²) in [6.07, 6.45) is 0. The average Bonchev–Trinajstić information content (AvgIpc) is 1.27. The van der Waals surface area contributed by atoms with E-state index in [-0.39, 0.29) is 10.8 Å². The Labute approximate surface area is 701 Å². The zero-order chi connectivity index (χ0) is 80.6. The van der Waals surface area contributed by atoms with Crippen LogP contribution in [-0.4, -0.2) is 0 Å². The lowest BCUT2D eigenvalue weighted by Gasteiger charge is -2.43. The highest BCUT2D eigenvalue weighted by Gasteiger charge is 2.41. The van der Waals surface area contributed by atoms with Gasteiger partial charge in [-0.3, -0.25) is 0 Å². The minimum absolute atomic E-state index is 0.187. The first kappa shape index (κ1) is 71.1. The summed E-state index contributed by atoms with van der Waals surface area (Å²) in [5.41, 5.74) is 25.6. The molecular weight excluding hydrogens is 1470 g/mol. The van der Waals surface area contributed by atoms with Gasteiger partial charge >= 0.3 is 0 Å². The van der Waals surface area contributed by atoms with Crippen molar-refractivity contribution in [3.05, 3.63) is 408 Å².